The zero-order chi connectivity index (χ0) is 9.80. The number of aromatic nitrogens is 1. The molecule has 0 aliphatic carbocycles. The van der Waals surface area contributed by atoms with Crippen molar-refractivity contribution >= 4 is 0 Å². The minimum absolute atomic E-state index is 0.923. The SMILES string of the molecule is CNCc1ccc(-n2cccc2)cc1. The van der Waals surface area contributed by atoms with Crippen molar-refractivity contribution < 1.29 is 0 Å². The fraction of sp³-hybridized carbons (Fsp3) is 0.167. The largest absolute Gasteiger partial charge is 0.324 e. The molecule has 2 nitrogen and oxygen atoms in total. The Hall–Kier alpha value is -1.54. The Labute approximate surface area is 84.2 Å². The van der Waals surface area contributed by atoms with Crippen LogP contribution >= 0.6 is 0 Å². The molecular formula is C12H14N2. The van der Waals surface area contributed by atoms with Gasteiger partial charge in [-0.05, 0) is 36.9 Å². The predicted octanol–water partition coefficient (Wildman–Crippen LogP) is 2.20. The zero-order valence-electron chi connectivity index (χ0n) is 8.27. The molecule has 0 fully saturated rings. The monoisotopic (exact) mass is 186 g/mol. The van der Waals surface area contributed by atoms with Crippen molar-refractivity contribution in [1.29, 1.82) is 0 Å². The molecule has 0 amide bonds. The van der Waals surface area contributed by atoms with Crippen LogP contribution < -0.4 is 5.32 Å². The zero-order valence-corrected chi connectivity index (χ0v) is 8.27. The van der Waals surface area contributed by atoms with Crippen molar-refractivity contribution in [2.24, 2.45) is 0 Å². The minimum atomic E-state index is 0.923. The van der Waals surface area contributed by atoms with Gasteiger partial charge in [0.15, 0.2) is 0 Å². The summed E-state index contributed by atoms with van der Waals surface area (Å²) in [4.78, 5) is 0. The molecule has 2 heteroatoms. The molecule has 1 N–H and O–H groups in total. The van der Waals surface area contributed by atoms with E-state index in [0.717, 1.165) is 6.54 Å². The van der Waals surface area contributed by atoms with Crippen molar-refractivity contribution in [3.8, 4) is 5.69 Å². The molecule has 14 heavy (non-hydrogen) atoms. The number of nitrogens with one attached hydrogen (secondary N) is 1. The number of benzene rings is 1. The first-order valence-corrected chi connectivity index (χ1v) is 4.77. The lowest BCUT2D eigenvalue weighted by atomic mass is 10.2. The Balaban J connectivity index is 2.22. The molecule has 72 valence electrons. The van der Waals surface area contributed by atoms with Gasteiger partial charge in [0.2, 0.25) is 0 Å². The highest BCUT2D eigenvalue weighted by Gasteiger charge is 1.94. The van der Waals surface area contributed by atoms with Gasteiger partial charge in [0.1, 0.15) is 0 Å². The van der Waals surface area contributed by atoms with E-state index in [9.17, 15) is 0 Å². The van der Waals surface area contributed by atoms with Crippen molar-refractivity contribution in [2.75, 3.05) is 7.05 Å². The highest BCUT2D eigenvalue weighted by molar-refractivity contribution is 5.35. The van der Waals surface area contributed by atoms with Crippen LogP contribution in [0.4, 0.5) is 0 Å². The lowest BCUT2D eigenvalue weighted by Crippen LogP contribution is -2.04. The third kappa shape index (κ3) is 1.86. The van der Waals surface area contributed by atoms with Crippen LogP contribution in [0.5, 0.6) is 0 Å². The van der Waals surface area contributed by atoms with Gasteiger partial charge in [0.25, 0.3) is 0 Å². The standard InChI is InChI=1S/C12H14N2/c1-13-10-11-4-6-12(7-5-11)14-8-2-3-9-14/h2-9,13H,10H2,1H3. The van der Waals surface area contributed by atoms with E-state index < -0.39 is 0 Å². The molecule has 0 aliphatic rings. The molecule has 1 aromatic heterocycles. The molecule has 0 atom stereocenters. The second-order valence-corrected chi connectivity index (χ2v) is 3.29. The maximum absolute atomic E-state index is 3.13. The molecular weight excluding hydrogens is 172 g/mol. The van der Waals surface area contributed by atoms with Crippen molar-refractivity contribution in [3.63, 3.8) is 0 Å². The van der Waals surface area contributed by atoms with Gasteiger partial charge in [0.05, 0.1) is 0 Å². The van der Waals surface area contributed by atoms with E-state index in [1.165, 1.54) is 11.3 Å². The molecule has 1 aromatic carbocycles. The molecule has 2 rings (SSSR count). The number of hydrogen-bond acceptors (Lipinski definition) is 1. The Morgan fingerprint density at radius 3 is 2.29 bits per heavy atom. The van der Waals surface area contributed by atoms with Crippen molar-refractivity contribution in [2.45, 2.75) is 6.54 Å². The summed E-state index contributed by atoms with van der Waals surface area (Å²) < 4.78 is 2.10. The highest BCUT2D eigenvalue weighted by atomic mass is 14.9. The third-order valence-corrected chi connectivity index (χ3v) is 2.22. The Bertz CT molecular complexity index is 373. The van der Waals surface area contributed by atoms with Gasteiger partial charge >= 0.3 is 0 Å². The summed E-state index contributed by atoms with van der Waals surface area (Å²) in [5.41, 5.74) is 2.51. The van der Waals surface area contributed by atoms with Crippen LogP contribution in [0.1, 0.15) is 5.56 Å². The summed E-state index contributed by atoms with van der Waals surface area (Å²) in [5.74, 6) is 0. The first-order valence-electron chi connectivity index (χ1n) is 4.77. The maximum Gasteiger partial charge on any atom is 0.0449 e. The molecule has 0 saturated heterocycles. The van der Waals surface area contributed by atoms with Crippen LogP contribution in [-0.4, -0.2) is 11.6 Å². The predicted molar refractivity (Wildman–Crippen MR) is 58.5 cm³/mol. The van der Waals surface area contributed by atoms with Crippen molar-refractivity contribution in [1.82, 2.24) is 9.88 Å². The minimum Gasteiger partial charge on any atom is -0.324 e. The topological polar surface area (TPSA) is 17.0 Å². The van der Waals surface area contributed by atoms with E-state index in [1.807, 2.05) is 31.6 Å². The lowest BCUT2D eigenvalue weighted by Gasteiger charge is -2.04. The van der Waals surface area contributed by atoms with E-state index in [2.05, 4.69) is 34.1 Å². The molecule has 0 spiro atoms. The molecule has 0 unspecified atom stereocenters. The number of rotatable bonds is 3. The molecule has 2 aromatic rings. The van der Waals surface area contributed by atoms with E-state index in [4.69, 9.17) is 0 Å². The Morgan fingerprint density at radius 2 is 1.71 bits per heavy atom. The molecule has 0 aliphatic heterocycles. The smallest absolute Gasteiger partial charge is 0.0449 e. The van der Waals surface area contributed by atoms with Crippen LogP contribution in [0.15, 0.2) is 48.8 Å². The molecule has 0 radical (unpaired) electrons. The van der Waals surface area contributed by atoms with Crippen molar-refractivity contribution in [3.05, 3.63) is 54.4 Å². The van der Waals surface area contributed by atoms with E-state index in [-0.39, 0.29) is 0 Å². The first-order chi connectivity index (χ1) is 6.90. The molecule has 1 heterocycles. The van der Waals surface area contributed by atoms with Gasteiger partial charge < -0.3 is 9.88 Å². The van der Waals surface area contributed by atoms with Crippen LogP contribution in [0.2, 0.25) is 0 Å². The van der Waals surface area contributed by atoms with Gasteiger partial charge in [-0.25, -0.2) is 0 Å². The second kappa shape index (κ2) is 4.11. The molecule has 0 saturated carbocycles. The fourth-order valence-corrected chi connectivity index (χ4v) is 1.50. The summed E-state index contributed by atoms with van der Waals surface area (Å²) in [7, 11) is 1.96. The van der Waals surface area contributed by atoms with Gasteiger partial charge in [-0.2, -0.15) is 0 Å². The summed E-state index contributed by atoms with van der Waals surface area (Å²) in [6.07, 6.45) is 4.10. The van der Waals surface area contributed by atoms with Crippen LogP contribution in [-0.2, 0) is 6.54 Å². The Morgan fingerprint density at radius 1 is 1.07 bits per heavy atom. The van der Waals surface area contributed by atoms with Crippen LogP contribution in [0, 0.1) is 0 Å². The van der Waals surface area contributed by atoms with Gasteiger partial charge in [-0.3, -0.25) is 0 Å². The highest BCUT2D eigenvalue weighted by Crippen LogP contribution is 2.09. The van der Waals surface area contributed by atoms with E-state index >= 15 is 0 Å². The average molecular weight is 186 g/mol. The average Bonchev–Trinajstić information content (AvgIpc) is 2.72. The maximum atomic E-state index is 3.13. The molecule has 0 bridgehead atoms. The van der Waals surface area contributed by atoms with E-state index in [1.54, 1.807) is 0 Å². The summed E-state index contributed by atoms with van der Waals surface area (Å²) in [6, 6.07) is 12.6. The second-order valence-electron chi connectivity index (χ2n) is 3.29. The van der Waals surface area contributed by atoms with Crippen LogP contribution in [0.3, 0.4) is 0 Å². The fourth-order valence-electron chi connectivity index (χ4n) is 1.50. The van der Waals surface area contributed by atoms with Gasteiger partial charge in [-0.1, -0.05) is 12.1 Å². The number of hydrogen-bond donors (Lipinski definition) is 1. The van der Waals surface area contributed by atoms with Crippen LogP contribution in [0.25, 0.3) is 5.69 Å². The van der Waals surface area contributed by atoms with E-state index in [0.29, 0.717) is 0 Å². The summed E-state index contributed by atoms with van der Waals surface area (Å²) >= 11 is 0. The third-order valence-electron chi connectivity index (χ3n) is 2.22. The summed E-state index contributed by atoms with van der Waals surface area (Å²) in [5, 5.41) is 3.13. The Kier molecular flexibility index (Phi) is 2.65. The number of nitrogens with zero attached hydrogens (tertiary/aromatic N) is 1. The van der Waals surface area contributed by atoms with Gasteiger partial charge in [0, 0.05) is 24.6 Å². The normalized spacial score (nSPS) is 10.4. The first kappa shape index (κ1) is 9.03. The lowest BCUT2D eigenvalue weighted by molar-refractivity contribution is 0.817. The van der Waals surface area contributed by atoms with Gasteiger partial charge in [-0.15, -0.1) is 0 Å². The quantitative estimate of drug-likeness (QED) is 0.777. The summed E-state index contributed by atoms with van der Waals surface area (Å²) in [6.45, 7) is 0.923.